The summed E-state index contributed by atoms with van der Waals surface area (Å²) >= 11 is 0. The second-order valence-corrected chi connectivity index (χ2v) is 2.78. The number of nitro benzene ring substituents is 1. The Hall–Kier alpha value is -1.98. The number of amides is 1. The molecule has 0 fully saturated rings. The van der Waals surface area contributed by atoms with Crippen LogP contribution in [0.3, 0.4) is 0 Å². The van der Waals surface area contributed by atoms with Crippen LogP contribution in [0.5, 0.6) is 0 Å². The van der Waals surface area contributed by atoms with Gasteiger partial charge in [-0.2, -0.15) is 4.39 Å². The van der Waals surface area contributed by atoms with Gasteiger partial charge in [-0.1, -0.05) is 0 Å². The van der Waals surface area contributed by atoms with Crippen molar-refractivity contribution >= 4 is 11.6 Å². The van der Waals surface area contributed by atoms with Gasteiger partial charge in [0.2, 0.25) is 5.82 Å². The first-order valence-electron chi connectivity index (χ1n) is 4.28. The predicted molar refractivity (Wildman–Crippen MR) is 51.1 cm³/mol. The van der Waals surface area contributed by atoms with Crippen molar-refractivity contribution in [3.05, 3.63) is 39.7 Å². The number of nitrogens with zero attached hydrogens (tertiary/aromatic N) is 1. The van der Waals surface area contributed by atoms with E-state index in [0.717, 1.165) is 12.1 Å². The molecule has 0 atom stereocenters. The van der Waals surface area contributed by atoms with Crippen molar-refractivity contribution in [3.8, 4) is 0 Å². The van der Waals surface area contributed by atoms with Crippen molar-refractivity contribution < 1.29 is 14.1 Å². The molecule has 0 aliphatic carbocycles. The molecule has 0 saturated carbocycles. The quantitative estimate of drug-likeness (QED) is 0.609. The van der Waals surface area contributed by atoms with E-state index in [1.807, 2.05) is 0 Å². The molecule has 80 valence electrons. The minimum atomic E-state index is -0.951. The lowest BCUT2D eigenvalue weighted by atomic mass is 10.2. The smallest absolute Gasteiger partial charge is 0.305 e. The number of nitro groups is 1. The molecular formula is C9H9FN2O3. The molecule has 5 nitrogen and oxygen atoms in total. The molecular weight excluding hydrogens is 203 g/mol. The van der Waals surface area contributed by atoms with Crippen molar-refractivity contribution in [1.29, 1.82) is 0 Å². The van der Waals surface area contributed by atoms with Crippen LogP contribution in [0.2, 0.25) is 0 Å². The van der Waals surface area contributed by atoms with Gasteiger partial charge in [0.05, 0.1) is 4.92 Å². The Kier molecular flexibility index (Phi) is 3.33. The third-order valence-electron chi connectivity index (χ3n) is 1.74. The molecule has 1 rings (SSSR count). The summed E-state index contributed by atoms with van der Waals surface area (Å²) in [5.74, 6) is -1.41. The number of carbonyl (C=O) groups excluding carboxylic acids is 1. The van der Waals surface area contributed by atoms with Crippen LogP contribution in [0, 0.1) is 15.9 Å². The maximum absolute atomic E-state index is 12.9. The molecule has 0 heterocycles. The number of hydrogen-bond donors (Lipinski definition) is 1. The molecule has 0 aliphatic rings. The van der Waals surface area contributed by atoms with Crippen molar-refractivity contribution in [1.82, 2.24) is 5.32 Å². The monoisotopic (exact) mass is 212 g/mol. The van der Waals surface area contributed by atoms with E-state index >= 15 is 0 Å². The van der Waals surface area contributed by atoms with E-state index in [0.29, 0.717) is 6.54 Å². The van der Waals surface area contributed by atoms with Crippen LogP contribution in [0.25, 0.3) is 0 Å². The molecule has 0 aliphatic heterocycles. The number of halogens is 1. The van der Waals surface area contributed by atoms with Crippen LogP contribution < -0.4 is 5.32 Å². The number of hydrogen-bond acceptors (Lipinski definition) is 3. The lowest BCUT2D eigenvalue weighted by Crippen LogP contribution is -2.22. The van der Waals surface area contributed by atoms with E-state index in [-0.39, 0.29) is 5.56 Å². The lowest BCUT2D eigenvalue weighted by molar-refractivity contribution is -0.387. The fourth-order valence-corrected chi connectivity index (χ4v) is 1.06. The van der Waals surface area contributed by atoms with Gasteiger partial charge in [-0.25, -0.2) is 0 Å². The molecule has 15 heavy (non-hydrogen) atoms. The molecule has 1 aromatic carbocycles. The van der Waals surface area contributed by atoms with Gasteiger partial charge in [0.1, 0.15) is 0 Å². The third-order valence-corrected chi connectivity index (χ3v) is 1.74. The number of rotatable bonds is 3. The van der Waals surface area contributed by atoms with Crippen LogP contribution in [0.15, 0.2) is 18.2 Å². The highest BCUT2D eigenvalue weighted by Gasteiger charge is 2.16. The van der Waals surface area contributed by atoms with Gasteiger partial charge in [0.25, 0.3) is 5.91 Å². The summed E-state index contributed by atoms with van der Waals surface area (Å²) in [6.07, 6.45) is 0. The second-order valence-electron chi connectivity index (χ2n) is 2.78. The second kappa shape index (κ2) is 4.50. The molecule has 6 heteroatoms. The van der Waals surface area contributed by atoms with Gasteiger partial charge >= 0.3 is 5.69 Å². The van der Waals surface area contributed by atoms with Gasteiger partial charge in [-0.05, 0) is 19.1 Å². The van der Waals surface area contributed by atoms with Crippen molar-refractivity contribution in [2.24, 2.45) is 0 Å². The Bertz CT molecular complexity index is 406. The average molecular weight is 212 g/mol. The molecule has 0 aromatic heterocycles. The number of nitrogens with one attached hydrogen (secondary N) is 1. The number of benzene rings is 1. The van der Waals surface area contributed by atoms with Crippen molar-refractivity contribution in [2.45, 2.75) is 6.92 Å². The Balaban J connectivity index is 3.07. The van der Waals surface area contributed by atoms with E-state index in [1.54, 1.807) is 6.92 Å². The Morgan fingerprint density at radius 2 is 2.27 bits per heavy atom. The molecule has 0 saturated heterocycles. The highest BCUT2D eigenvalue weighted by molar-refractivity contribution is 5.94. The summed E-state index contributed by atoms with van der Waals surface area (Å²) in [6.45, 7) is 2.12. The van der Waals surface area contributed by atoms with Crippen LogP contribution in [0.1, 0.15) is 17.3 Å². The summed E-state index contributed by atoms with van der Waals surface area (Å²) in [5.41, 5.74) is -0.622. The average Bonchev–Trinajstić information content (AvgIpc) is 2.18. The normalized spacial score (nSPS) is 9.73. The van der Waals surface area contributed by atoms with Crippen LogP contribution in [0.4, 0.5) is 10.1 Å². The molecule has 1 N–H and O–H groups in total. The van der Waals surface area contributed by atoms with Gasteiger partial charge in [0.15, 0.2) is 0 Å². The van der Waals surface area contributed by atoms with E-state index in [4.69, 9.17) is 0 Å². The highest BCUT2D eigenvalue weighted by Crippen LogP contribution is 2.18. The molecule has 0 unspecified atom stereocenters. The van der Waals surface area contributed by atoms with E-state index in [9.17, 15) is 19.3 Å². The van der Waals surface area contributed by atoms with Gasteiger partial charge < -0.3 is 5.32 Å². The first kappa shape index (κ1) is 11.1. The standard InChI is InChI=1S/C9H9FN2O3/c1-2-11-9(13)6-3-4-7(10)8(5-6)12(14)15/h3-5H,2H2,1H3,(H,11,13). The van der Waals surface area contributed by atoms with Gasteiger partial charge in [-0.15, -0.1) is 0 Å². The summed E-state index contributed by atoms with van der Waals surface area (Å²) in [6, 6.07) is 3.02. The third kappa shape index (κ3) is 2.49. The fraction of sp³-hybridized carbons (Fsp3) is 0.222. The summed E-state index contributed by atoms with van der Waals surface area (Å²) < 4.78 is 12.9. The van der Waals surface area contributed by atoms with Crippen LogP contribution in [-0.2, 0) is 0 Å². The molecule has 0 radical (unpaired) electrons. The SMILES string of the molecule is CCNC(=O)c1ccc(F)c([N+](=O)[O-])c1. The van der Waals surface area contributed by atoms with Crippen LogP contribution in [-0.4, -0.2) is 17.4 Å². The molecule has 0 bridgehead atoms. The Morgan fingerprint density at radius 3 is 2.80 bits per heavy atom. The highest BCUT2D eigenvalue weighted by atomic mass is 19.1. The molecule has 1 amide bonds. The lowest BCUT2D eigenvalue weighted by Gasteiger charge is -2.01. The van der Waals surface area contributed by atoms with Crippen molar-refractivity contribution in [2.75, 3.05) is 6.54 Å². The summed E-state index contributed by atoms with van der Waals surface area (Å²) in [4.78, 5) is 20.8. The topological polar surface area (TPSA) is 72.2 Å². The minimum Gasteiger partial charge on any atom is -0.352 e. The Labute approximate surface area is 85.1 Å². The first-order chi connectivity index (χ1) is 7.06. The molecule has 1 aromatic rings. The maximum atomic E-state index is 12.9. The Morgan fingerprint density at radius 1 is 1.60 bits per heavy atom. The van der Waals surface area contributed by atoms with Gasteiger partial charge in [-0.3, -0.25) is 14.9 Å². The first-order valence-corrected chi connectivity index (χ1v) is 4.28. The zero-order chi connectivity index (χ0) is 11.4. The minimum absolute atomic E-state index is 0.0740. The molecule has 0 spiro atoms. The van der Waals surface area contributed by atoms with E-state index < -0.39 is 22.3 Å². The fourth-order valence-electron chi connectivity index (χ4n) is 1.06. The van der Waals surface area contributed by atoms with Crippen LogP contribution >= 0.6 is 0 Å². The number of carbonyl (C=O) groups is 1. The van der Waals surface area contributed by atoms with E-state index in [2.05, 4.69) is 5.32 Å². The summed E-state index contributed by atoms with van der Waals surface area (Å²) in [5, 5.41) is 12.9. The summed E-state index contributed by atoms with van der Waals surface area (Å²) in [7, 11) is 0. The van der Waals surface area contributed by atoms with E-state index in [1.165, 1.54) is 6.07 Å². The predicted octanol–water partition coefficient (Wildman–Crippen LogP) is 1.48. The zero-order valence-electron chi connectivity index (χ0n) is 7.99. The largest absolute Gasteiger partial charge is 0.352 e. The van der Waals surface area contributed by atoms with Crippen molar-refractivity contribution in [3.63, 3.8) is 0 Å². The zero-order valence-corrected chi connectivity index (χ0v) is 7.99. The maximum Gasteiger partial charge on any atom is 0.305 e. The van der Waals surface area contributed by atoms with Gasteiger partial charge in [0, 0.05) is 18.2 Å².